The number of anilines is 1. The Bertz CT molecular complexity index is 754. The predicted molar refractivity (Wildman–Crippen MR) is 124 cm³/mol. The summed E-state index contributed by atoms with van der Waals surface area (Å²) in [6.45, 7) is 5.12. The maximum atomic E-state index is 13.1. The van der Waals surface area contributed by atoms with Gasteiger partial charge in [0.25, 0.3) is 0 Å². The molecule has 1 aliphatic heterocycles. The lowest BCUT2D eigenvalue weighted by atomic mass is 9.86. The highest BCUT2D eigenvalue weighted by Crippen LogP contribution is 2.30. The Balaban J connectivity index is 1.66. The number of unbranched alkanes of at least 4 members (excludes halogenated alkanes) is 1. The van der Waals surface area contributed by atoms with Crippen molar-refractivity contribution < 1.29 is 14.3 Å². The van der Waals surface area contributed by atoms with Gasteiger partial charge in [0.05, 0.1) is 19.3 Å². The molecule has 2 aliphatic rings. The van der Waals surface area contributed by atoms with Crippen LogP contribution in [0.1, 0.15) is 83.2 Å². The molecule has 0 bridgehead atoms. The van der Waals surface area contributed by atoms with E-state index in [9.17, 15) is 9.59 Å². The Morgan fingerprint density at radius 3 is 2.55 bits per heavy atom. The highest BCUT2D eigenvalue weighted by molar-refractivity contribution is 6.03. The molecule has 6 heteroatoms. The van der Waals surface area contributed by atoms with Gasteiger partial charge >= 0.3 is 5.97 Å². The van der Waals surface area contributed by atoms with Crippen molar-refractivity contribution in [3.8, 4) is 0 Å². The van der Waals surface area contributed by atoms with E-state index in [1.807, 2.05) is 31.2 Å². The molecule has 0 radical (unpaired) electrons. The number of ether oxygens (including phenoxy) is 1. The molecule has 2 unspecified atom stereocenters. The number of esters is 1. The van der Waals surface area contributed by atoms with E-state index < -0.39 is 5.92 Å². The average Bonchev–Trinajstić information content (AvgIpc) is 2.81. The van der Waals surface area contributed by atoms with Crippen LogP contribution in [0.15, 0.2) is 29.3 Å². The molecule has 1 aromatic carbocycles. The zero-order chi connectivity index (χ0) is 22.1. The maximum absolute atomic E-state index is 13.1. The summed E-state index contributed by atoms with van der Waals surface area (Å²) in [5.41, 5.74) is 2.68. The lowest BCUT2D eigenvalue weighted by Gasteiger charge is -2.32. The first-order valence-corrected chi connectivity index (χ1v) is 11.9. The third kappa shape index (κ3) is 6.63. The van der Waals surface area contributed by atoms with Gasteiger partial charge in [-0.05, 0) is 49.3 Å². The molecule has 1 saturated carbocycles. The average molecular weight is 428 g/mol. The number of nitrogens with zero attached hydrogens (tertiary/aromatic N) is 1. The summed E-state index contributed by atoms with van der Waals surface area (Å²) in [7, 11) is 0. The second kappa shape index (κ2) is 12.0. The van der Waals surface area contributed by atoms with Crippen molar-refractivity contribution in [1.82, 2.24) is 5.32 Å². The summed E-state index contributed by atoms with van der Waals surface area (Å²) in [5.74, 6) is -0.0621. The van der Waals surface area contributed by atoms with Gasteiger partial charge < -0.3 is 10.1 Å². The predicted octanol–water partition coefficient (Wildman–Crippen LogP) is 5.01. The van der Waals surface area contributed by atoms with Crippen LogP contribution >= 0.6 is 0 Å². The number of rotatable bonds is 9. The Labute approximate surface area is 186 Å². The molecule has 0 saturated heterocycles. The molecular formula is C25H37N3O3. The van der Waals surface area contributed by atoms with Crippen molar-refractivity contribution in [3.05, 3.63) is 29.8 Å². The Kier molecular flexibility index (Phi) is 9.07. The number of hydrogen-bond donors (Lipinski definition) is 2. The van der Waals surface area contributed by atoms with E-state index >= 15 is 0 Å². The van der Waals surface area contributed by atoms with E-state index in [0.29, 0.717) is 25.6 Å². The van der Waals surface area contributed by atoms with Crippen LogP contribution in [0.2, 0.25) is 0 Å². The van der Waals surface area contributed by atoms with Gasteiger partial charge in [-0.25, -0.2) is 0 Å². The summed E-state index contributed by atoms with van der Waals surface area (Å²) in [6.07, 6.45) is 9.22. The van der Waals surface area contributed by atoms with Crippen molar-refractivity contribution in [3.63, 3.8) is 0 Å². The van der Waals surface area contributed by atoms with Gasteiger partial charge in [-0.2, -0.15) is 0 Å². The molecule has 170 valence electrons. The number of aliphatic imine (C=N–C) groups is 1. The van der Waals surface area contributed by atoms with Gasteiger partial charge in [0.15, 0.2) is 0 Å². The lowest BCUT2D eigenvalue weighted by molar-refractivity contribution is -0.149. The summed E-state index contributed by atoms with van der Waals surface area (Å²) < 4.78 is 5.80. The number of hydrogen-bond acceptors (Lipinski definition) is 5. The fourth-order valence-electron chi connectivity index (χ4n) is 4.55. The number of carbonyl (C=O) groups is 2. The number of amides is 1. The third-order valence-electron chi connectivity index (χ3n) is 6.40. The van der Waals surface area contributed by atoms with E-state index in [1.54, 1.807) is 0 Å². The van der Waals surface area contributed by atoms with Crippen molar-refractivity contribution >= 4 is 23.3 Å². The number of nitrogens with one attached hydrogen (secondary N) is 2. The van der Waals surface area contributed by atoms with Crippen LogP contribution in [0, 0.1) is 11.8 Å². The van der Waals surface area contributed by atoms with Gasteiger partial charge in [-0.1, -0.05) is 51.7 Å². The minimum absolute atomic E-state index is 0.0370. The zero-order valence-electron chi connectivity index (χ0n) is 19.0. The molecule has 1 fully saturated rings. The molecule has 2 atom stereocenters. The minimum atomic E-state index is -0.410. The first-order valence-electron chi connectivity index (χ1n) is 11.9. The van der Waals surface area contributed by atoms with Gasteiger partial charge in [0.2, 0.25) is 5.91 Å². The van der Waals surface area contributed by atoms with Crippen molar-refractivity contribution in [1.29, 1.82) is 0 Å². The molecule has 1 heterocycles. The van der Waals surface area contributed by atoms with Gasteiger partial charge in [0.1, 0.15) is 5.92 Å². The Morgan fingerprint density at radius 1 is 1.13 bits per heavy atom. The quantitative estimate of drug-likeness (QED) is 0.543. The molecule has 1 aromatic rings. The molecule has 2 N–H and O–H groups in total. The van der Waals surface area contributed by atoms with E-state index in [4.69, 9.17) is 4.74 Å². The van der Waals surface area contributed by atoms with E-state index in [0.717, 1.165) is 49.1 Å². The summed E-state index contributed by atoms with van der Waals surface area (Å²) in [5, 5.41) is 6.32. The van der Waals surface area contributed by atoms with Crippen LogP contribution in [0.5, 0.6) is 0 Å². The maximum Gasteiger partial charge on any atom is 0.316 e. The van der Waals surface area contributed by atoms with Crippen LogP contribution in [-0.4, -0.2) is 30.9 Å². The van der Waals surface area contributed by atoms with Crippen LogP contribution in [0.25, 0.3) is 0 Å². The topological polar surface area (TPSA) is 79.8 Å². The minimum Gasteiger partial charge on any atom is -0.465 e. The Hall–Kier alpha value is -2.21. The third-order valence-corrected chi connectivity index (χ3v) is 6.40. The highest BCUT2D eigenvalue weighted by Gasteiger charge is 2.36. The summed E-state index contributed by atoms with van der Waals surface area (Å²) in [4.78, 5) is 29.6. The smallest absolute Gasteiger partial charge is 0.316 e. The summed E-state index contributed by atoms with van der Waals surface area (Å²) >= 11 is 0. The molecule has 3 rings (SSSR count). The first-order chi connectivity index (χ1) is 15.1. The van der Waals surface area contributed by atoms with Crippen LogP contribution in [0.3, 0.4) is 0 Å². The zero-order valence-corrected chi connectivity index (χ0v) is 19.0. The Morgan fingerprint density at radius 2 is 1.87 bits per heavy atom. The molecule has 6 nitrogen and oxygen atoms in total. The van der Waals surface area contributed by atoms with Gasteiger partial charge in [-0.15, -0.1) is 0 Å². The summed E-state index contributed by atoms with van der Waals surface area (Å²) in [6, 6.07) is 7.60. The van der Waals surface area contributed by atoms with Gasteiger partial charge in [0, 0.05) is 17.8 Å². The van der Waals surface area contributed by atoms with Crippen LogP contribution < -0.4 is 10.6 Å². The molecule has 31 heavy (non-hydrogen) atoms. The molecule has 1 amide bonds. The normalized spacial score (nSPS) is 21.9. The van der Waals surface area contributed by atoms with Crippen molar-refractivity contribution in [2.24, 2.45) is 16.8 Å². The monoisotopic (exact) mass is 427 g/mol. The highest BCUT2D eigenvalue weighted by atomic mass is 16.5. The molecule has 0 aromatic heterocycles. The lowest BCUT2D eigenvalue weighted by Crippen LogP contribution is -2.43. The van der Waals surface area contributed by atoms with E-state index in [2.05, 4.69) is 22.5 Å². The van der Waals surface area contributed by atoms with Gasteiger partial charge in [-0.3, -0.25) is 19.9 Å². The number of benzene rings is 1. The fourth-order valence-corrected chi connectivity index (χ4v) is 4.55. The molecule has 1 aliphatic carbocycles. The standard InChI is InChI=1S/C25H37N3O3/c1-3-5-11-22(29)28-20-14-12-19(13-15-20)24-23(21(4-2)26-17-27-24)25(30)31-16-18-9-7-6-8-10-18/h12-15,18,23-24,27H,3-11,16-17H2,1-2H3,(H,28,29). The molecular weight excluding hydrogens is 390 g/mol. The second-order valence-corrected chi connectivity index (χ2v) is 8.73. The van der Waals surface area contributed by atoms with Crippen LogP contribution in [-0.2, 0) is 14.3 Å². The second-order valence-electron chi connectivity index (χ2n) is 8.73. The van der Waals surface area contributed by atoms with Crippen molar-refractivity contribution in [2.45, 2.75) is 77.7 Å². The van der Waals surface area contributed by atoms with Crippen LogP contribution in [0.4, 0.5) is 5.69 Å². The number of carbonyl (C=O) groups excluding carboxylic acids is 2. The van der Waals surface area contributed by atoms with Crippen molar-refractivity contribution in [2.75, 3.05) is 18.6 Å². The van der Waals surface area contributed by atoms with E-state index in [1.165, 1.54) is 19.3 Å². The first kappa shape index (κ1) is 23.5. The largest absolute Gasteiger partial charge is 0.465 e. The SMILES string of the molecule is CCCCC(=O)Nc1ccc(C2NCN=C(CC)C2C(=O)OCC2CCCCC2)cc1. The molecule has 0 spiro atoms. The fraction of sp³-hybridized carbons (Fsp3) is 0.640. The van der Waals surface area contributed by atoms with E-state index in [-0.39, 0.29) is 17.9 Å².